The second-order valence-corrected chi connectivity index (χ2v) is 7.21. The van der Waals surface area contributed by atoms with Crippen molar-refractivity contribution in [3.63, 3.8) is 0 Å². The Labute approximate surface area is 177 Å². The van der Waals surface area contributed by atoms with Gasteiger partial charge in [0, 0.05) is 30.4 Å². The van der Waals surface area contributed by atoms with E-state index in [4.69, 9.17) is 17.3 Å². The van der Waals surface area contributed by atoms with Crippen molar-refractivity contribution in [2.75, 3.05) is 23.3 Å². The van der Waals surface area contributed by atoms with E-state index in [1.165, 1.54) is 36.4 Å². The lowest BCUT2D eigenvalue weighted by Crippen LogP contribution is -2.34. The number of aromatic carboxylic acids is 1. The minimum Gasteiger partial charge on any atom is -0.478 e. The van der Waals surface area contributed by atoms with Gasteiger partial charge in [-0.3, -0.25) is 20.2 Å². The number of hydrogen-bond donors (Lipinski definition) is 3. The Balaban J connectivity index is 1.69. The normalized spacial score (nSPS) is 13.4. The SMILES string of the molecule is O=C(O)c1ccc(NC(=S)NC(=O)c2ccc(N3CCCCC3)c([N+](=O)[O-])c2)cc1. The number of carboxylic acids is 1. The predicted molar refractivity (Wildman–Crippen MR) is 116 cm³/mol. The number of hydrogen-bond acceptors (Lipinski definition) is 6. The molecule has 1 amide bonds. The summed E-state index contributed by atoms with van der Waals surface area (Å²) in [4.78, 5) is 36.4. The topological polar surface area (TPSA) is 125 Å². The fourth-order valence-electron chi connectivity index (χ4n) is 3.25. The van der Waals surface area contributed by atoms with Crippen molar-refractivity contribution < 1.29 is 19.6 Å². The van der Waals surface area contributed by atoms with Crippen LogP contribution < -0.4 is 15.5 Å². The third-order valence-electron chi connectivity index (χ3n) is 4.75. The molecule has 0 aromatic heterocycles. The Morgan fingerprint density at radius 1 is 1.03 bits per heavy atom. The fraction of sp³-hybridized carbons (Fsp3) is 0.250. The molecule has 2 aromatic rings. The molecule has 156 valence electrons. The molecule has 10 heteroatoms. The van der Waals surface area contributed by atoms with Gasteiger partial charge in [0.05, 0.1) is 10.5 Å². The number of anilines is 2. The van der Waals surface area contributed by atoms with E-state index < -0.39 is 16.8 Å². The van der Waals surface area contributed by atoms with E-state index in [1.54, 1.807) is 6.07 Å². The van der Waals surface area contributed by atoms with E-state index in [0.717, 1.165) is 32.4 Å². The molecule has 2 aromatic carbocycles. The van der Waals surface area contributed by atoms with Crippen molar-refractivity contribution >= 4 is 46.3 Å². The molecule has 1 aliphatic rings. The molecule has 3 N–H and O–H groups in total. The molecule has 1 fully saturated rings. The molecule has 9 nitrogen and oxygen atoms in total. The van der Waals surface area contributed by atoms with Crippen LogP contribution in [0.5, 0.6) is 0 Å². The number of nitrogens with one attached hydrogen (secondary N) is 2. The first-order valence-electron chi connectivity index (χ1n) is 9.34. The third-order valence-corrected chi connectivity index (χ3v) is 4.95. The number of rotatable bonds is 5. The van der Waals surface area contributed by atoms with Crippen LogP contribution in [-0.2, 0) is 0 Å². The molecular formula is C20H20N4O5S. The average Bonchev–Trinajstić information content (AvgIpc) is 2.74. The van der Waals surface area contributed by atoms with Crippen LogP contribution in [0.3, 0.4) is 0 Å². The van der Waals surface area contributed by atoms with Crippen LogP contribution in [-0.4, -0.2) is 40.1 Å². The van der Waals surface area contributed by atoms with E-state index >= 15 is 0 Å². The van der Waals surface area contributed by atoms with Crippen molar-refractivity contribution in [3.8, 4) is 0 Å². The minimum absolute atomic E-state index is 0.00849. The lowest BCUT2D eigenvalue weighted by atomic mass is 10.1. The maximum Gasteiger partial charge on any atom is 0.335 e. The molecule has 1 heterocycles. The number of nitro benzene ring substituents is 1. The zero-order valence-corrected chi connectivity index (χ0v) is 16.8. The van der Waals surface area contributed by atoms with Crippen LogP contribution in [0, 0.1) is 10.1 Å². The summed E-state index contributed by atoms with van der Waals surface area (Å²) >= 11 is 5.11. The number of benzene rings is 2. The van der Waals surface area contributed by atoms with Crippen molar-refractivity contribution in [2.24, 2.45) is 0 Å². The van der Waals surface area contributed by atoms with Crippen molar-refractivity contribution in [1.82, 2.24) is 5.32 Å². The van der Waals surface area contributed by atoms with Crippen LogP contribution in [0.25, 0.3) is 0 Å². The quantitative estimate of drug-likeness (QED) is 0.376. The number of nitrogens with zero attached hydrogens (tertiary/aromatic N) is 2. The summed E-state index contributed by atoms with van der Waals surface area (Å²) in [6.45, 7) is 1.50. The molecule has 3 rings (SSSR count). The average molecular weight is 428 g/mol. The molecule has 0 unspecified atom stereocenters. The van der Waals surface area contributed by atoms with Gasteiger partial charge in [0.25, 0.3) is 11.6 Å². The first kappa shape index (κ1) is 21.2. The zero-order valence-electron chi connectivity index (χ0n) is 16.0. The van der Waals surface area contributed by atoms with Crippen molar-refractivity contribution in [3.05, 3.63) is 63.7 Å². The van der Waals surface area contributed by atoms with Crippen LogP contribution in [0.1, 0.15) is 40.0 Å². The van der Waals surface area contributed by atoms with E-state index in [-0.39, 0.29) is 21.9 Å². The third kappa shape index (κ3) is 5.09. The highest BCUT2D eigenvalue weighted by atomic mass is 32.1. The second kappa shape index (κ2) is 9.31. The van der Waals surface area contributed by atoms with Crippen LogP contribution >= 0.6 is 12.2 Å². The number of thiocarbonyl (C=S) groups is 1. The first-order valence-corrected chi connectivity index (χ1v) is 9.75. The van der Waals surface area contributed by atoms with Gasteiger partial charge in [-0.1, -0.05) is 0 Å². The van der Waals surface area contributed by atoms with Gasteiger partial charge < -0.3 is 15.3 Å². The van der Waals surface area contributed by atoms with Crippen molar-refractivity contribution in [2.45, 2.75) is 19.3 Å². The van der Waals surface area contributed by atoms with Gasteiger partial charge in [0.15, 0.2) is 5.11 Å². The van der Waals surface area contributed by atoms with E-state index in [1.807, 2.05) is 4.90 Å². The Bertz CT molecular complexity index is 987. The van der Waals surface area contributed by atoms with Gasteiger partial charge in [0.1, 0.15) is 5.69 Å². The predicted octanol–water partition coefficient (Wildman–Crippen LogP) is 3.41. The highest BCUT2D eigenvalue weighted by molar-refractivity contribution is 7.80. The zero-order chi connectivity index (χ0) is 21.7. The fourth-order valence-corrected chi connectivity index (χ4v) is 3.46. The summed E-state index contributed by atoms with van der Waals surface area (Å²) in [5.74, 6) is -1.63. The molecule has 0 saturated carbocycles. The molecule has 0 bridgehead atoms. The summed E-state index contributed by atoms with van der Waals surface area (Å²) in [6, 6.07) is 10.2. The maximum absolute atomic E-state index is 12.5. The standard InChI is InChI=1S/C20H20N4O5S/c25-18(22-20(30)21-15-7-4-13(5-8-15)19(26)27)14-6-9-16(17(12-14)24(28)29)23-10-2-1-3-11-23/h4-9,12H,1-3,10-11H2,(H,26,27)(H2,21,22,25,30). The molecular weight excluding hydrogens is 408 g/mol. The number of nitro groups is 1. The Kier molecular flexibility index (Phi) is 6.58. The number of carbonyl (C=O) groups excluding carboxylic acids is 1. The summed E-state index contributed by atoms with van der Waals surface area (Å²) in [5, 5.41) is 25.7. The number of carbonyl (C=O) groups is 2. The molecule has 30 heavy (non-hydrogen) atoms. The highest BCUT2D eigenvalue weighted by Gasteiger charge is 2.23. The summed E-state index contributed by atoms with van der Waals surface area (Å²) < 4.78 is 0. The second-order valence-electron chi connectivity index (χ2n) is 6.80. The largest absolute Gasteiger partial charge is 0.478 e. The van der Waals surface area contributed by atoms with Crippen LogP contribution in [0.2, 0.25) is 0 Å². The van der Waals surface area contributed by atoms with Crippen LogP contribution in [0.15, 0.2) is 42.5 Å². The number of carboxylic acid groups (broad SMARTS) is 1. The lowest BCUT2D eigenvalue weighted by molar-refractivity contribution is -0.384. The number of amides is 1. The van der Waals surface area contributed by atoms with Crippen molar-refractivity contribution in [1.29, 1.82) is 0 Å². The number of piperidine rings is 1. The Morgan fingerprint density at radius 3 is 2.27 bits per heavy atom. The summed E-state index contributed by atoms with van der Waals surface area (Å²) in [5.41, 5.74) is 1.13. The van der Waals surface area contributed by atoms with Gasteiger partial charge in [-0.2, -0.15) is 0 Å². The van der Waals surface area contributed by atoms with Gasteiger partial charge >= 0.3 is 5.97 Å². The van der Waals surface area contributed by atoms with Gasteiger partial charge in [-0.05, 0) is 67.9 Å². The van der Waals surface area contributed by atoms with E-state index in [9.17, 15) is 19.7 Å². The molecule has 1 aliphatic heterocycles. The molecule has 0 spiro atoms. The smallest absolute Gasteiger partial charge is 0.335 e. The summed E-state index contributed by atoms with van der Waals surface area (Å²) in [6.07, 6.45) is 3.06. The molecule has 0 atom stereocenters. The Hall–Kier alpha value is -3.53. The van der Waals surface area contributed by atoms with E-state index in [2.05, 4.69) is 10.6 Å². The molecule has 1 saturated heterocycles. The minimum atomic E-state index is -1.05. The van der Waals surface area contributed by atoms with E-state index in [0.29, 0.717) is 11.4 Å². The maximum atomic E-state index is 12.5. The Morgan fingerprint density at radius 2 is 1.67 bits per heavy atom. The molecule has 0 aliphatic carbocycles. The van der Waals surface area contributed by atoms with Gasteiger partial charge in [0.2, 0.25) is 0 Å². The lowest BCUT2D eigenvalue weighted by Gasteiger charge is -2.28. The summed E-state index contributed by atoms with van der Waals surface area (Å²) in [7, 11) is 0. The monoisotopic (exact) mass is 428 g/mol. The van der Waals surface area contributed by atoms with Gasteiger partial charge in [-0.25, -0.2) is 4.79 Å². The van der Waals surface area contributed by atoms with Gasteiger partial charge in [-0.15, -0.1) is 0 Å². The molecule has 0 radical (unpaired) electrons. The highest BCUT2D eigenvalue weighted by Crippen LogP contribution is 2.31. The first-order chi connectivity index (χ1) is 14.3. The van der Waals surface area contributed by atoms with Crippen LogP contribution in [0.4, 0.5) is 17.1 Å².